The smallest absolute Gasteiger partial charge is 0.459 e. The first-order valence-electron chi connectivity index (χ1n) is 36.0. The molecule has 3 aromatic carbocycles. The standard InChI is InChI=1S/3C24H30FN2O9P/c3*1-15(22(31)34-17-9-6-10-17)26-37(32,36-18-7-4-3-5-8-18)33-14-19-21(30)24(2,25)23(35-19)27-12-11-16(28)13-20(27)29/h3*3-5,7-8,11-12,15,17,19,21,23,30H,6,9-10,13-14H2,1-2H3,(H,26,32)/t15-,19+,21+,23+,24+,37?;15-,19+,21+,23+,24+,37+;15-,19+,21+,23+,24+,37-/m000/s1. The van der Waals surface area contributed by atoms with Gasteiger partial charge in [-0.1, -0.05) is 54.6 Å². The van der Waals surface area contributed by atoms with E-state index in [1.807, 2.05) is 0 Å². The zero-order valence-electron chi connectivity index (χ0n) is 61.3. The Bertz CT molecular complexity index is 3690. The van der Waals surface area contributed by atoms with Crippen molar-refractivity contribution in [3.05, 3.63) is 128 Å². The summed E-state index contributed by atoms with van der Waals surface area (Å²) in [7, 11) is -12.8. The fourth-order valence-electron chi connectivity index (χ4n) is 12.1. The molecular formula is C72H90F3N6O27P3. The van der Waals surface area contributed by atoms with Crippen molar-refractivity contribution in [2.24, 2.45) is 0 Å². The Hall–Kier alpha value is -7.89. The quantitative estimate of drug-likeness (QED) is 0.0166. The van der Waals surface area contributed by atoms with Crippen LogP contribution in [-0.4, -0.2) is 212 Å². The van der Waals surface area contributed by atoms with Gasteiger partial charge in [0.05, 0.1) is 39.1 Å². The van der Waals surface area contributed by atoms with Gasteiger partial charge in [-0.3, -0.25) is 71.4 Å². The number of carbonyl (C=O) groups excluding carboxylic acids is 9. The van der Waals surface area contributed by atoms with Crippen LogP contribution in [0.1, 0.15) is 119 Å². The molecule has 6 fully saturated rings. The van der Waals surface area contributed by atoms with Gasteiger partial charge in [0.25, 0.3) is 0 Å². The van der Waals surface area contributed by atoms with Gasteiger partial charge in [-0.05, 0) is 154 Å². The number of aliphatic hydroxyl groups excluding tert-OH is 3. The largest absolute Gasteiger partial charge is 0.461 e. The first-order valence-corrected chi connectivity index (χ1v) is 40.6. The number of hydrogen-bond donors (Lipinski definition) is 6. The topological polar surface area (TPSA) is 422 Å². The number of alkyl halides is 3. The Morgan fingerprint density at radius 3 is 0.883 bits per heavy atom. The number of benzene rings is 3. The number of aliphatic hydroxyl groups is 3. The molecule has 6 aliphatic heterocycles. The van der Waals surface area contributed by atoms with Gasteiger partial charge in [0, 0.05) is 18.6 Å². The fourth-order valence-corrected chi connectivity index (χ4v) is 16.6. The number of hydrogen-bond acceptors (Lipinski definition) is 27. The monoisotopic (exact) mass is 1620 g/mol. The van der Waals surface area contributed by atoms with Crippen LogP contribution in [-0.2, 0) is 98.8 Å². The van der Waals surface area contributed by atoms with Crippen LogP contribution >= 0.6 is 23.2 Å². The lowest BCUT2D eigenvalue weighted by molar-refractivity contribution is -0.155. The minimum atomic E-state index is -4.28. The average molecular weight is 1620 g/mol. The van der Waals surface area contributed by atoms with Crippen molar-refractivity contribution < 1.29 is 141 Å². The first kappa shape index (κ1) is 85.5. The van der Waals surface area contributed by atoms with Crippen molar-refractivity contribution in [3.63, 3.8) is 0 Å². The van der Waals surface area contributed by atoms with Gasteiger partial charge in [-0.25, -0.2) is 26.9 Å². The van der Waals surface area contributed by atoms with Gasteiger partial charge in [0.1, 0.15) is 90.3 Å². The van der Waals surface area contributed by atoms with Gasteiger partial charge in [-0.15, -0.1) is 0 Å². The molecule has 606 valence electrons. The summed E-state index contributed by atoms with van der Waals surface area (Å²) in [6.07, 6.45) is -1.85. The highest BCUT2D eigenvalue weighted by Gasteiger charge is 2.61. The van der Waals surface area contributed by atoms with Crippen LogP contribution in [0.3, 0.4) is 0 Å². The Morgan fingerprint density at radius 2 is 0.676 bits per heavy atom. The summed E-state index contributed by atoms with van der Waals surface area (Å²) in [5, 5.41) is 39.4. The summed E-state index contributed by atoms with van der Waals surface area (Å²) in [4.78, 5) is 111. The molecule has 3 amide bonds. The maximum atomic E-state index is 15.5. The molecule has 3 saturated carbocycles. The molecule has 3 aromatic rings. The molecule has 12 rings (SSSR count). The summed E-state index contributed by atoms with van der Waals surface area (Å²) in [6, 6.07) is 21.0. The lowest BCUT2D eigenvalue weighted by Gasteiger charge is -2.32. The molecule has 18 atom stereocenters. The minimum absolute atomic E-state index is 0.174. The van der Waals surface area contributed by atoms with Crippen LogP contribution in [0.2, 0.25) is 0 Å². The second kappa shape index (κ2) is 36.5. The van der Waals surface area contributed by atoms with Crippen molar-refractivity contribution in [2.75, 3.05) is 19.8 Å². The van der Waals surface area contributed by atoms with E-state index < -0.39 is 206 Å². The predicted octanol–water partition coefficient (Wildman–Crippen LogP) is 7.18. The zero-order chi connectivity index (χ0) is 80.4. The Morgan fingerprint density at radius 1 is 0.441 bits per heavy atom. The van der Waals surface area contributed by atoms with Gasteiger partial charge < -0.3 is 57.3 Å². The van der Waals surface area contributed by atoms with Gasteiger partial charge in [0.15, 0.2) is 53.0 Å². The second-order valence-corrected chi connectivity index (χ2v) is 33.3. The molecule has 6 N–H and O–H groups in total. The normalized spacial score (nSPS) is 30.5. The molecule has 0 bridgehead atoms. The van der Waals surface area contributed by atoms with Crippen LogP contribution in [0, 0.1) is 0 Å². The zero-order valence-corrected chi connectivity index (χ0v) is 64.0. The lowest BCUT2D eigenvalue weighted by atomic mass is 9.96. The fraction of sp³-hybridized carbons (Fsp3) is 0.542. The molecule has 39 heteroatoms. The van der Waals surface area contributed by atoms with Crippen molar-refractivity contribution in [1.29, 1.82) is 0 Å². The number of nitrogens with one attached hydrogen (secondary N) is 3. The van der Waals surface area contributed by atoms with Gasteiger partial charge >= 0.3 is 41.1 Å². The average Bonchev–Trinajstić information content (AvgIpc) is 1.63. The molecule has 9 aliphatic rings. The molecule has 0 spiro atoms. The third-order valence-corrected chi connectivity index (χ3v) is 24.2. The van der Waals surface area contributed by atoms with E-state index in [2.05, 4.69) is 15.3 Å². The van der Waals surface area contributed by atoms with Crippen molar-refractivity contribution in [1.82, 2.24) is 30.0 Å². The third-order valence-electron chi connectivity index (χ3n) is 19.3. The molecule has 1 unspecified atom stereocenters. The minimum Gasteiger partial charge on any atom is -0.461 e. The summed E-state index contributed by atoms with van der Waals surface area (Å²) in [5.41, 5.74) is -7.32. The highest BCUT2D eigenvalue weighted by atomic mass is 31.2. The maximum absolute atomic E-state index is 15.5. The summed E-state index contributed by atoms with van der Waals surface area (Å²) >= 11 is 0. The van der Waals surface area contributed by atoms with Crippen molar-refractivity contribution in [3.8, 4) is 17.2 Å². The molecule has 3 aliphatic carbocycles. The van der Waals surface area contributed by atoms with Crippen molar-refractivity contribution >= 4 is 76.2 Å². The summed E-state index contributed by atoms with van der Waals surface area (Å²) < 4.78 is 154. The van der Waals surface area contributed by atoms with E-state index in [0.29, 0.717) is 0 Å². The molecule has 33 nitrogen and oxygen atoms in total. The van der Waals surface area contributed by atoms with Crippen LogP contribution in [0.5, 0.6) is 17.2 Å². The van der Waals surface area contributed by atoms with E-state index in [4.69, 9.17) is 55.6 Å². The number of nitrogens with zero attached hydrogens (tertiary/aromatic N) is 3. The number of carbonyl (C=O) groups is 9. The van der Waals surface area contributed by atoms with E-state index in [0.717, 1.165) is 130 Å². The van der Waals surface area contributed by atoms with Crippen LogP contribution < -0.4 is 28.8 Å². The second-order valence-electron chi connectivity index (χ2n) is 28.3. The number of halogens is 3. The number of ether oxygens (including phenoxy) is 6. The molecule has 0 radical (unpaired) electrons. The summed E-state index contributed by atoms with van der Waals surface area (Å²) in [6.45, 7) is 5.66. The van der Waals surface area contributed by atoms with Crippen molar-refractivity contribution in [2.45, 2.75) is 227 Å². The van der Waals surface area contributed by atoms with Gasteiger partial charge in [-0.2, -0.15) is 15.3 Å². The lowest BCUT2D eigenvalue weighted by Crippen LogP contribution is -2.51. The molecule has 111 heavy (non-hydrogen) atoms. The van der Waals surface area contributed by atoms with E-state index in [1.165, 1.54) is 57.2 Å². The van der Waals surface area contributed by atoms with Crippen LogP contribution in [0.4, 0.5) is 13.2 Å². The molecule has 0 aromatic heterocycles. The number of ketones is 3. The van der Waals surface area contributed by atoms with Crippen LogP contribution in [0.25, 0.3) is 0 Å². The van der Waals surface area contributed by atoms with E-state index in [1.54, 1.807) is 54.6 Å². The molecule has 3 saturated heterocycles. The number of allylic oxidation sites excluding steroid dienone is 3. The number of amides is 3. The molecule has 6 heterocycles. The van der Waals surface area contributed by atoms with Crippen LogP contribution in [0.15, 0.2) is 128 Å². The number of rotatable bonds is 30. The van der Waals surface area contributed by atoms with E-state index in [-0.39, 0.29) is 35.6 Å². The third kappa shape index (κ3) is 21.7. The van der Waals surface area contributed by atoms with E-state index >= 15 is 13.2 Å². The maximum Gasteiger partial charge on any atom is 0.459 e. The number of para-hydroxylation sites is 3. The Labute approximate surface area is 636 Å². The molecular weight excluding hydrogens is 1530 g/mol. The predicted molar refractivity (Wildman–Crippen MR) is 380 cm³/mol. The Kier molecular flexibility index (Phi) is 28.1. The SMILES string of the molecule is C[C@H](NP(=O)(OC[C@H]1O[C@@H](N2C=CC(=O)CC2=O)[C@](C)(F)[C@@H]1O)Oc1ccccc1)C(=O)OC1CCC1.C[C@H](N[P@@](=O)(OC[C@H]1O[C@@H](N2C=CC(=O)CC2=O)[C@](C)(F)[C@@H]1O)Oc1ccccc1)C(=O)OC1CCC1.C[C@H](N[P@](=O)(OC[C@H]1O[C@@H](N2C=CC(=O)CC2=O)[C@](C)(F)[C@@H]1O)Oc1ccccc1)C(=O)OC1CCC1. The van der Waals surface area contributed by atoms with E-state index in [9.17, 15) is 72.2 Å². The first-order chi connectivity index (χ1) is 52.4. The Balaban J connectivity index is 0.000000177. The van der Waals surface area contributed by atoms with Gasteiger partial charge in [0.2, 0.25) is 17.7 Å². The summed E-state index contributed by atoms with van der Waals surface area (Å²) in [5.74, 6) is -4.75. The highest BCUT2D eigenvalue weighted by Crippen LogP contribution is 2.51. The highest BCUT2D eigenvalue weighted by molar-refractivity contribution is 7.52. The number of esters is 3.